The van der Waals surface area contributed by atoms with Gasteiger partial charge in [0.2, 0.25) is 5.88 Å². The quantitative estimate of drug-likeness (QED) is 0.311. The Balaban J connectivity index is 0.00000320. The third-order valence-corrected chi connectivity index (χ3v) is 4.63. The molecule has 2 aromatic rings. The highest BCUT2D eigenvalue weighted by Crippen LogP contribution is 2.35. The van der Waals surface area contributed by atoms with E-state index in [1.807, 2.05) is 26.0 Å². The first-order valence-electron chi connectivity index (χ1n) is 10.1. The van der Waals surface area contributed by atoms with Crippen LogP contribution in [0, 0.1) is 0 Å². The molecule has 0 spiro atoms. The third-order valence-electron chi connectivity index (χ3n) is 4.63. The van der Waals surface area contributed by atoms with Crippen LogP contribution in [0.1, 0.15) is 37.5 Å². The number of pyridine rings is 1. The number of aliphatic imine (C=N–C) groups is 1. The second-order valence-electron chi connectivity index (χ2n) is 6.81. The first-order valence-corrected chi connectivity index (χ1v) is 10.1. The van der Waals surface area contributed by atoms with Crippen LogP contribution in [-0.2, 0) is 19.5 Å². The summed E-state index contributed by atoms with van der Waals surface area (Å²) in [7, 11) is 1.75. The molecule has 8 heteroatoms. The van der Waals surface area contributed by atoms with Crippen LogP contribution in [-0.4, -0.2) is 37.3 Å². The molecule has 2 heterocycles. The average Bonchev–Trinajstić information content (AvgIpc) is 3.08. The van der Waals surface area contributed by atoms with Crippen molar-refractivity contribution < 1.29 is 14.2 Å². The number of fused-ring (bicyclic) bond motifs is 1. The maximum Gasteiger partial charge on any atom is 0.218 e. The summed E-state index contributed by atoms with van der Waals surface area (Å²) in [5.41, 5.74) is 3.22. The first-order chi connectivity index (χ1) is 14.1. The number of nitrogens with zero attached hydrogens (tertiary/aromatic N) is 2. The number of hydrogen-bond acceptors (Lipinski definition) is 5. The number of guanidine groups is 1. The van der Waals surface area contributed by atoms with Crippen LogP contribution in [0.15, 0.2) is 35.5 Å². The Morgan fingerprint density at radius 1 is 1.17 bits per heavy atom. The van der Waals surface area contributed by atoms with Gasteiger partial charge in [0.15, 0.2) is 5.96 Å². The van der Waals surface area contributed by atoms with Crippen LogP contribution >= 0.6 is 24.0 Å². The van der Waals surface area contributed by atoms with Crippen molar-refractivity contribution in [3.63, 3.8) is 0 Å². The molecule has 0 amide bonds. The molecule has 1 aromatic carbocycles. The molecule has 7 nitrogen and oxygen atoms in total. The van der Waals surface area contributed by atoms with Gasteiger partial charge in [0.05, 0.1) is 13.2 Å². The third kappa shape index (κ3) is 6.13. The highest BCUT2D eigenvalue weighted by Gasteiger charge is 2.22. The van der Waals surface area contributed by atoms with Gasteiger partial charge in [-0.1, -0.05) is 6.07 Å². The molecule has 0 saturated heterocycles. The lowest BCUT2D eigenvalue weighted by Crippen LogP contribution is -2.36. The van der Waals surface area contributed by atoms with Gasteiger partial charge in [0.1, 0.15) is 17.6 Å². The minimum atomic E-state index is 0. The minimum Gasteiger partial charge on any atom is -0.494 e. The van der Waals surface area contributed by atoms with E-state index in [0.717, 1.165) is 29.0 Å². The van der Waals surface area contributed by atoms with Gasteiger partial charge in [-0.15, -0.1) is 24.0 Å². The van der Waals surface area contributed by atoms with Gasteiger partial charge in [-0.2, -0.15) is 0 Å². The Hall–Kier alpha value is -2.23. The van der Waals surface area contributed by atoms with Crippen LogP contribution < -0.4 is 24.8 Å². The van der Waals surface area contributed by atoms with E-state index in [1.54, 1.807) is 13.2 Å². The van der Waals surface area contributed by atoms with Crippen LogP contribution in [0.25, 0.3) is 0 Å². The molecule has 0 aliphatic carbocycles. The second kappa shape index (κ2) is 11.8. The van der Waals surface area contributed by atoms with E-state index in [-0.39, 0.29) is 30.1 Å². The molecule has 0 fully saturated rings. The van der Waals surface area contributed by atoms with Crippen LogP contribution in [0.2, 0.25) is 0 Å². The highest BCUT2D eigenvalue weighted by atomic mass is 127. The molecular formula is C22H31IN4O3. The first kappa shape index (κ1) is 24.0. The lowest BCUT2D eigenvalue weighted by atomic mass is 10.1. The monoisotopic (exact) mass is 526 g/mol. The summed E-state index contributed by atoms with van der Waals surface area (Å²) in [6.07, 6.45) is 2.85. The fraction of sp³-hybridized carbons (Fsp3) is 0.455. The Bertz CT molecular complexity index is 860. The molecule has 1 atom stereocenters. The summed E-state index contributed by atoms with van der Waals surface area (Å²) in [5, 5.41) is 6.66. The van der Waals surface area contributed by atoms with Gasteiger partial charge in [-0.25, -0.2) is 4.98 Å². The van der Waals surface area contributed by atoms with Crippen LogP contribution in [0.4, 0.5) is 0 Å². The van der Waals surface area contributed by atoms with Crippen molar-refractivity contribution in [2.45, 2.75) is 46.4 Å². The molecule has 2 N–H and O–H groups in total. The van der Waals surface area contributed by atoms with E-state index in [0.29, 0.717) is 38.1 Å². The van der Waals surface area contributed by atoms with Crippen molar-refractivity contribution in [1.82, 2.24) is 15.6 Å². The smallest absolute Gasteiger partial charge is 0.218 e. The predicted molar refractivity (Wildman–Crippen MR) is 129 cm³/mol. The second-order valence-corrected chi connectivity index (χ2v) is 6.81. The number of nitrogens with one attached hydrogen (secondary N) is 2. The SMILES string of the molecule is CCOc1cc2c(cc1CNC(=NC)NCc1cccnc1OCC)OC(C)C2.I. The number of hydrogen-bond donors (Lipinski definition) is 2. The summed E-state index contributed by atoms with van der Waals surface area (Å²) in [4.78, 5) is 8.60. The molecule has 1 aliphatic rings. The summed E-state index contributed by atoms with van der Waals surface area (Å²) in [5.74, 6) is 3.16. The average molecular weight is 526 g/mol. The number of aromatic nitrogens is 1. The summed E-state index contributed by atoms with van der Waals surface area (Å²) >= 11 is 0. The molecule has 1 aromatic heterocycles. The summed E-state index contributed by atoms with van der Waals surface area (Å²) in [6.45, 7) is 8.36. The van der Waals surface area contributed by atoms with E-state index in [1.165, 1.54) is 5.56 Å². The largest absolute Gasteiger partial charge is 0.494 e. The van der Waals surface area contributed by atoms with Crippen molar-refractivity contribution in [3.05, 3.63) is 47.2 Å². The molecular weight excluding hydrogens is 495 g/mol. The summed E-state index contributed by atoms with van der Waals surface area (Å²) < 4.78 is 17.3. The molecule has 0 saturated carbocycles. The van der Waals surface area contributed by atoms with Crippen LogP contribution in [0.3, 0.4) is 0 Å². The maximum absolute atomic E-state index is 5.91. The molecule has 30 heavy (non-hydrogen) atoms. The van der Waals surface area contributed by atoms with Gasteiger partial charge in [-0.05, 0) is 39.0 Å². The zero-order valence-electron chi connectivity index (χ0n) is 18.0. The van der Waals surface area contributed by atoms with Crippen molar-refractivity contribution in [1.29, 1.82) is 0 Å². The molecule has 0 bridgehead atoms. The number of rotatable bonds is 8. The van der Waals surface area contributed by atoms with Crippen LogP contribution in [0.5, 0.6) is 17.4 Å². The maximum atomic E-state index is 5.91. The van der Waals surface area contributed by atoms with E-state index in [4.69, 9.17) is 14.2 Å². The number of halogens is 1. The van der Waals surface area contributed by atoms with E-state index in [9.17, 15) is 0 Å². The lowest BCUT2D eigenvalue weighted by Gasteiger charge is -2.16. The van der Waals surface area contributed by atoms with E-state index >= 15 is 0 Å². The van der Waals surface area contributed by atoms with Gasteiger partial charge in [0, 0.05) is 49.4 Å². The van der Waals surface area contributed by atoms with Crippen molar-refractivity contribution >= 4 is 29.9 Å². The number of benzene rings is 1. The van der Waals surface area contributed by atoms with Crippen molar-refractivity contribution in [2.24, 2.45) is 4.99 Å². The van der Waals surface area contributed by atoms with Gasteiger partial charge < -0.3 is 24.8 Å². The van der Waals surface area contributed by atoms with Gasteiger partial charge >= 0.3 is 0 Å². The topological polar surface area (TPSA) is 77.0 Å². The predicted octanol–water partition coefficient (Wildman–Crippen LogP) is 3.69. The Kier molecular flexibility index (Phi) is 9.48. The minimum absolute atomic E-state index is 0. The highest BCUT2D eigenvalue weighted by molar-refractivity contribution is 14.0. The molecule has 1 unspecified atom stereocenters. The van der Waals surface area contributed by atoms with Gasteiger partial charge in [-0.3, -0.25) is 4.99 Å². The van der Waals surface area contributed by atoms with E-state index in [2.05, 4.69) is 39.7 Å². The fourth-order valence-electron chi connectivity index (χ4n) is 3.31. The molecule has 0 radical (unpaired) electrons. The summed E-state index contributed by atoms with van der Waals surface area (Å²) in [6, 6.07) is 8.05. The van der Waals surface area contributed by atoms with Crippen molar-refractivity contribution in [2.75, 3.05) is 20.3 Å². The van der Waals surface area contributed by atoms with Gasteiger partial charge in [0.25, 0.3) is 0 Å². The molecule has 3 rings (SSSR count). The molecule has 164 valence electrons. The fourth-order valence-corrected chi connectivity index (χ4v) is 3.31. The molecule has 1 aliphatic heterocycles. The number of ether oxygens (including phenoxy) is 3. The Morgan fingerprint density at radius 3 is 2.60 bits per heavy atom. The lowest BCUT2D eigenvalue weighted by molar-refractivity contribution is 0.254. The zero-order chi connectivity index (χ0) is 20.6. The Morgan fingerprint density at radius 2 is 1.90 bits per heavy atom. The standard InChI is InChI=1S/C22H30N4O3.HI/c1-5-27-19-11-17-10-15(3)29-20(17)12-18(19)14-26-22(23-4)25-13-16-8-7-9-24-21(16)28-6-2;/h7-9,11-12,15H,5-6,10,13-14H2,1-4H3,(H2,23,25,26);1H. The van der Waals surface area contributed by atoms with Crippen molar-refractivity contribution in [3.8, 4) is 17.4 Å². The van der Waals surface area contributed by atoms with E-state index < -0.39 is 0 Å². The zero-order valence-corrected chi connectivity index (χ0v) is 20.4. The normalized spacial score (nSPS) is 14.9. The Labute approximate surface area is 195 Å².